The van der Waals surface area contributed by atoms with E-state index in [4.69, 9.17) is 16.3 Å². The van der Waals surface area contributed by atoms with Gasteiger partial charge in [0.15, 0.2) is 16.7 Å². The lowest BCUT2D eigenvalue weighted by atomic mass is 10.1. The first kappa shape index (κ1) is 14.3. The second-order valence-corrected chi connectivity index (χ2v) is 5.53. The van der Waals surface area contributed by atoms with Crippen molar-refractivity contribution in [2.75, 3.05) is 32.1 Å². The molecule has 1 fully saturated rings. The molecule has 0 spiro atoms. The van der Waals surface area contributed by atoms with Gasteiger partial charge < -0.3 is 15.0 Å². The summed E-state index contributed by atoms with van der Waals surface area (Å²) in [6.45, 7) is 7.66. The first-order chi connectivity index (χ1) is 9.11. The standard InChI is InChI=1S/C13H21ClN4O/c1-9(2)18-5-4-10(7-18)6-15-13-11(19-3)12(14)16-8-17-13/h8-10H,4-7H2,1-3H3,(H,15,16,17). The predicted molar refractivity (Wildman–Crippen MR) is 76.9 cm³/mol. The Morgan fingerprint density at radius 2 is 2.32 bits per heavy atom. The van der Waals surface area contributed by atoms with Crippen molar-refractivity contribution in [3.05, 3.63) is 11.5 Å². The summed E-state index contributed by atoms with van der Waals surface area (Å²) in [5, 5.41) is 3.66. The number of aromatic nitrogens is 2. The van der Waals surface area contributed by atoms with E-state index in [1.165, 1.54) is 19.3 Å². The Balaban J connectivity index is 1.91. The van der Waals surface area contributed by atoms with Crippen LogP contribution in [0.2, 0.25) is 5.15 Å². The molecule has 1 aliphatic rings. The van der Waals surface area contributed by atoms with Gasteiger partial charge in [0.05, 0.1) is 7.11 Å². The van der Waals surface area contributed by atoms with Crippen molar-refractivity contribution < 1.29 is 4.74 Å². The molecule has 0 radical (unpaired) electrons. The van der Waals surface area contributed by atoms with Crippen molar-refractivity contribution in [2.24, 2.45) is 5.92 Å². The third kappa shape index (κ3) is 3.48. The van der Waals surface area contributed by atoms with Crippen molar-refractivity contribution >= 4 is 17.4 Å². The third-order valence-electron chi connectivity index (χ3n) is 3.57. The van der Waals surface area contributed by atoms with E-state index < -0.39 is 0 Å². The average Bonchev–Trinajstić information content (AvgIpc) is 2.85. The highest BCUT2D eigenvalue weighted by atomic mass is 35.5. The quantitative estimate of drug-likeness (QED) is 0.841. The van der Waals surface area contributed by atoms with Gasteiger partial charge in [-0.1, -0.05) is 11.6 Å². The largest absolute Gasteiger partial charge is 0.490 e. The third-order valence-corrected chi connectivity index (χ3v) is 3.84. The number of rotatable bonds is 5. The highest BCUT2D eigenvalue weighted by molar-refractivity contribution is 6.31. The van der Waals surface area contributed by atoms with Gasteiger partial charge in [-0.2, -0.15) is 0 Å². The summed E-state index contributed by atoms with van der Waals surface area (Å²) in [4.78, 5) is 10.6. The number of likely N-dealkylation sites (tertiary alicyclic amines) is 1. The lowest BCUT2D eigenvalue weighted by Crippen LogP contribution is -2.29. The molecule has 1 saturated heterocycles. The van der Waals surface area contributed by atoms with E-state index in [2.05, 4.69) is 34.0 Å². The summed E-state index contributed by atoms with van der Waals surface area (Å²) < 4.78 is 5.22. The second kappa shape index (κ2) is 6.39. The fraction of sp³-hybridized carbons (Fsp3) is 0.692. The lowest BCUT2D eigenvalue weighted by Gasteiger charge is -2.20. The summed E-state index contributed by atoms with van der Waals surface area (Å²) in [5.74, 6) is 1.83. The van der Waals surface area contributed by atoms with Crippen LogP contribution in [0.1, 0.15) is 20.3 Å². The van der Waals surface area contributed by atoms with Crippen LogP contribution in [0.4, 0.5) is 5.82 Å². The number of halogens is 1. The zero-order valence-corrected chi connectivity index (χ0v) is 12.4. The summed E-state index contributed by atoms with van der Waals surface area (Å²) in [6, 6.07) is 0.619. The smallest absolute Gasteiger partial charge is 0.198 e. The maximum atomic E-state index is 5.97. The fourth-order valence-corrected chi connectivity index (χ4v) is 2.61. The number of anilines is 1. The van der Waals surface area contributed by atoms with Gasteiger partial charge in [0, 0.05) is 19.1 Å². The molecule has 1 atom stereocenters. The first-order valence-electron chi connectivity index (χ1n) is 6.64. The van der Waals surface area contributed by atoms with Crippen LogP contribution in [0, 0.1) is 5.92 Å². The molecule has 106 valence electrons. The molecular weight excluding hydrogens is 264 g/mol. The van der Waals surface area contributed by atoms with Crippen LogP contribution in [0.15, 0.2) is 6.33 Å². The van der Waals surface area contributed by atoms with Crippen molar-refractivity contribution in [3.63, 3.8) is 0 Å². The molecule has 1 unspecified atom stereocenters. The van der Waals surface area contributed by atoms with Gasteiger partial charge in [-0.05, 0) is 32.7 Å². The molecule has 1 N–H and O–H groups in total. The molecule has 0 aromatic carbocycles. The minimum Gasteiger partial charge on any atom is -0.490 e. The minimum atomic E-state index is 0.343. The van der Waals surface area contributed by atoms with Gasteiger partial charge in [-0.15, -0.1) is 0 Å². The van der Waals surface area contributed by atoms with Crippen LogP contribution in [0.3, 0.4) is 0 Å². The number of nitrogens with one attached hydrogen (secondary N) is 1. The van der Waals surface area contributed by atoms with Gasteiger partial charge in [0.25, 0.3) is 0 Å². The van der Waals surface area contributed by atoms with Gasteiger partial charge in [-0.25, -0.2) is 9.97 Å². The Kier molecular flexibility index (Phi) is 4.82. The van der Waals surface area contributed by atoms with E-state index in [1.54, 1.807) is 7.11 Å². The highest BCUT2D eigenvalue weighted by Gasteiger charge is 2.24. The number of hydrogen-bond donors (Lipinski definition) is 1. The molecule has 0 amide bonds. The summed E-state index contributed by atoms with van der Waals surface area (Å²) in [7, 11) is 1.58. The van der Waals surface area contributed by atoms with Crippen LogP contribution < -0.4 is 10.1 Å². The fourth-order valence-electron chi connectivity index (χ4n) is 2.40. The number of methoxy groups -OCH3 is 1. The molecule has 0 bridgehead atoms. The molecule has 2 heterocycles. The Morgan fingerprint density at radius 1 is 1.53 bits per heavy atom. The van der Waals surface area contributed by atoms with E-state index in [-0.39, 0.29) is 0 Å². The summed E-state index contributed by atoms with van der Waals surface area (Å²) >= 11 is 5.97. The van der Waals surface area contributed by atoms with Crippen molar-refractivity contribution in [3.8, 4) is 5.75 Å². The molecule has 1 aromatic rings. The predicted octanol–water partition coefficient (Wildman–Crippen LogP) is 2.28. The van der Waals surface area contributed by atoms with E-state index in [9.17, 15) is 0 Å². The average molecular weight is 285 g/mol. The van der Waals surface area contributed by atoms with E-state index in [0.29, 0.717) is 28.7 Å². The van der Waals surface area contributed by atoms with Crippen molar-refractivity contribution in [1.29, 1.82) is 0 Å². The summed E-state index contributed by atoms with van der Waals surface area (Å²) in [6.07, 6.45) is 2.66. The Bertz CT molecular complexity index is 427. The van der Waals surface area contributed by atoms with E-state index in [0.717, 1.165) is 13.1 Å². The van der Waals surface area contributed by atoms with Gasteiger partial charge >= 0.3 is 0 Å². The lowest BCUT2D eigenvalue weighted by molar-refractivity contribution is 0.266. The van der Waals surface area contributed by atoms with Crippen molar-refractivity contribution in [2.45, 2.75) is 26.3 Å². The summed E-state index contributed by atoms with van der Waals surface area (Å²) in [5.41, 5.74) is 0. The Labute approximate surface area is 119 Å². The van der Waals surface area contributed by atoms with Crippen LogP contribution in [0.5, 0.6) is 5.75 Å². The molecule has 1 aliphatic heterocycles. The SMILES string of the molecule is COc1c(Cl)ncnc1NCC1CCN(C(C)C)C1. The van der Waals surface area contributed by atoms with Gasteiger partial charge in [0.2, 0.25) is 0 Å². The maximum Gasteiger partial charge on any atom is 0.198 e. The molecule has 2 rings (SSSR count). The maximum absolute atomic E-state index is 5.97. The Morgan fingerprint density at radius 3 is 2.95 bits per heavy atom. The molecule has 0 saturated carbocycles. The molecule has 19 heavy (non-hydrogen) atoms. The minimum absolute atomic E-state index is 0.343. The molecule has 1 aromatic heterocycles. The van der Waals surface area contributed by atoms with Gasteiger partial charge in [0.1, 0.15) is 6.33 Å². The number of nitrogens with zero attached hydrogens (tertiary/aromatic N) is 3. The van der Waals surface area contributed by atoms with Crippen molar-refractivity contribution in [1.82, 2.24) is 14.9 Å². The zero-order chi connectivity index (χ0) is 13.8. The van der Waals surface area contributed by atoms with Crippen LogP contribution in [-0.4, -0.2) is 47.7 Å². The van der Waals surface area contributed by atoms with E-state index in [1.807, 2.05) is 0 Å². The van der Waals surface area contributed by atoms with Crippen LogP contribution in [0.25, 0.3) is 0 Å². The number of ether oxygens (including phenoxy) is 1. The molecule has 6 heteroatoms. The first-order valence-corrected chi connectivity index (χ1v) is 7.02. The monoisotopic (exact) mass is 284 g/mol. The second-order valence-electron chi connectivity index (χ2n) is 5.17. The Hall–Kier alpha value is -1.07. The molecular formula is C13H21ClN4O. The zero-order valence-electron chi connectivity index (χ0n) is 11.7. The topological polar surface area (TPSA) is 50.3 Å². The molecule has 0 aliphatic carbocycles. The van der Waals surface area contributed by atoms with E-state index >= 15 is 0 Å². The van der Waals surface area contributed by atoms with Crippen LogP contribution in [-0.2, 0) is 0 Å². The van der Waals surface area contributed by atoms with Gasteiger partial charge in [-0.3, -0.25) is 0 Å². The normalized spacial score (nSPS) is 19.9. The molecule has 5 nitrogen and oxygen atoms in total. The number of hydrogen-bond acceptors (Lipinski definition) is 5. The van der Waals surface area contributed by atoms with Crippen LogP contribution >= 0.6 is 11.6 Å². The highest BCUT2D eigenvalue weighted by Crippen LogP contribution is 2.29.